The van der Waals surface area contributed by atoms with Gasteiger partial charge < -0.3 is 5.32 Å². The third-order valence-corrected chi connectivity index (χ3v) is 5.72. The van der Waals surface area contributed by atoms with Gasteiger partial charge in [0.25, 0.3) is 0 Å². The minimum atomic E-state index is -0.221. The molecule has 1 N–H and O–H groups in total. The Morgan fingerprint density at radius 2 is 2.15 bits per heavy atom. The van der Waals surface area contributed by atoms with E-state index in [2.05, 4.69) is 16.4 Å². The first kappa shape index (κ1) is 17.2. The van der Waals surface area contributed by atoms with Crippen molar-refractivity contribution in [3.05, 3.63) is 47.9 Å². The molecule has 26 heavy (non-hydrogen) atoms. The molecular weight excluding hydrogens is 327 g/mol. The van der Waals surface area contributed by atoms with E-state index in [0.29, 0.717) is 24.2 Å². The molecule has 0 spiro atoms. The van der Waals surface area contributed by atoms with E-state index >= 15 is 0 Å². The quantitative estimate of drug-likeness (QED) is 0.865. The number of hydrogen-bond acceptors (Lipinski definition) is 2. The Morgan fingerprint density at radius 1 is 1.31 bits per heavy atom. The molecule has 0 radical (unpaired) electrons. The highest BCUT2D eigenvalue weighted by atomic mass is 19.1. The lowest BCUT2D eigenvalue weighted by atomic mass is 9.94. The molecule has 0 unspecified atom stereocenters. The molecule has 1 aromatic carbocycles. The summed E-state index contributed by atoms with van der Waals surface area (Å²) >= 11 is 0. The van der Waals surface area contributed by atoms with Gasteiger partial charge in [-0.15, -0.1) is 0 Å². The van der Waals surface area contributed by atoms with Gasteiger partial charge in [-0.25, -0.2) is 4.39 Å². The molecule has 4 rings (SSSR count). The Labute approximate surface area is 153 Å². The smallest absolute Gasteiger partial charge is 0.220 e. The topological polar surface area (TPSA) is 42.0 Å². The molecule has 1 saturated carbocycles. The molecule has 3 atom stereocenters. The minimum Gasteiger partial charge on any atom is -0.354 e. The molecule has 0 saturated heterocycles. The van der Waals surface area contributed by atoms with Gasteiger partial charge in [-0.1, -0.05) is 6.08 Å². The average molecular weight is 352 g/mol. The van der Waals surface area contributed by atoms with Crippen molar-refractivity contribution >= 4 is 22.4 Å². The molecule has 1 heterocycles. The predicted octanol–water partition coefficient (Wildman–Crippen LogP) is 4.72. The Morgan fingerprint density at radius 3 is 2.92 bits per heavy atom. The first-order valence-electron chi connectivity index (χ1n) is 9.54. The summed E-state index contributed by atoms with van der Waals surface area (Å²) in [6, 6.07) is 7.00. The summed E-state index contributed by atoms with van der Waals surface area (Å²) in [5.41, 5.74) is 3.26. The number of aromatic nitrogens is 1. The summed E-state index contributed by atoms with van der Waals surface area (Å²) in [7, 11) is 0. The van der Waals surface area contributed by atoms with Crippen LogP contribution in [0, 0.1) is 23.6 Å². The largest absolute Gasteiger partial charge is 0.354 e. The fraction of sp³-hybridized carbons (Fsp3) is 0.455. The van der Waals surface area contributed by atoms with Gasteiger partial charge >= 0.3 is 0 Å². The lowest BCUT2D eigenvalue weighted by Crippen LogP contribution is -2.31. The summed E-state index contributed by atoms with van der Waals surface area (Å²) in [6.07, 6.45) is 8.01. The molecule has 0 aliphatic heterocycles. The number of hydrogen-bond donors (Lipinski definition) is 1. The lowest BCUT2D eigenvalue weighted by molar-refractivity contribution is -0.122. The number of rotatable bonds is 4. The maximum Gasteiger partial charge on any atom is 0.220 e. The van der Waals surface area contributed by atoms with E-state index in [0.717, 1.165) is 35.7 Å². The van der Waals surface area contributed by atoms with Crippen LogP contribution in [-0.4, -0.2) is 16.9 Å². The third-order valence-electron chi connectivity index (χ3n) is 5.72. The van der Waals surface area contributed by atoms with Crippen LogP contribution >= 0.6 is 0 Å². The molecule has 2 aliphatic carbocycles. The van der Waals surface area contributed by atoms with Crippen LogP contribution in [0.5, 0.6) is 0 Å². The van der Waals surface area contributed by atoms with Crippen molar-refractivity contribution in [2.45, 2.75) is 45.6 Å². The van der Waals surface area contributed by atoms with Gasteiger partial charge in [0.1, 0.15) is 5.82 Å². The number of halogens is 1. The number of nitrogens with zero attached hydrogens (tertiary/aromatic N) is 1. The van der Waals surface area contributed by atoms with Gasteiger partial charge in [0.05, 0.1) is 5.52 Å². The van der Waals surface area contributed by atoms with Crippen molar-refractivity contribution in [1.29, 1.82) is 0 Å². The van der Waals surface area contributed by atoms with Crippen molar-refractivity contribution in [2.75, 3.05) is 0 Å². The van der Waals surface area contributed by atoms with Crippen LogP contribution in [0.1, 0.15) is 45.1 Å². The highest BCUT2D eigenvalue weighted by molar-refractivity contribution is 5.92. The van der Waals surface area contributed by atoms with Crippen molar-refractivity contribution < 1.29 is 9.18 Å². The van der Waals surface area contributed by atoms with Crippen LogP contribution in [0.4, 0.5) is 4.39 Å². The van der Waals surface area contributed by atoms with Crippen molar-refractivity contribution in [2.24, 2.45) is 17.8 Å². The second-order valence-corrected chi connectivity index (χ2v) is 8.10. The predicted molar refractivity (Wildman–Crippen MR) is 102 cm³/mol. The van der Waals surface area contributed by atoms with E-state index in [9.17, 15) is 9.18 Å². The standard InChI is InChI=1S/C22H25FN2O/c1-13(2)25-22(26)9-14-7-15-10-17(11-16(15)8-14)19-5-6-24-21-4-3-18(23)12-20(19)21/h3-6,10,12-16H,7-9,11H2,1-2H3,(H,25,26)/t14-,15+,16-/m1/s1. The van der Waals surface area contributed by atoms with E-state index in [-0.39, 0.29) is 17.8 Å². The first-order valence-corrected chi connectivity index (χ1v) is 9.54. The number of fused-ring (bicyclic) bond motifs is 2. The van der Waals surface area contributed by atoms with Crippen molar-refractivity contribution in [3.63, 3.8) is 0 Å². The first-order chi connectivity index (χ1) is 12.5. The Hall–Kier alpha value is -2.23. The fourth-order valence-electron chi connectivity index (χ4n) is 4.73. The summed E-state index contributed by atoms with van der Waals surface area (Å²) < 4.78 is 13.7. The molecule has 4 heteroatoms. The van der Waals surface area contributed by atoms with Gasteiger partial charge in [-0.05, 0) is 86.3 Å². The Kier molecular flexibility index (Phi) is 4.51. The maximum atomic E-state index is 13.7. The number of nitrogens with one attached hydrogen (secondary N) is 1. The number of carbonyl (C=O) groups is 1. The molecule has 3 nitrogen and oxygen atoms in total. The Balaban J connectivity index is 1.50. The monoisotopic (exact) mass is 352 g/mol. The number of carbonyl (C=O) groups excluding carboxylic acids is 1. The summed E-state index contributed by atoms with van der Waals surface area (Å²) in [5.74, 6) is 1.58. The third kappa shape index (κ3) is 3.37. The minimum absolute atomic E-state index is 0.171. The van der Waals surface area contributed by atoms with E-state index in [1.54, 1.807) is 12.1 Å². The number of pyridine rings is 1. The van der Waals surface area contributed by atoms with Gasteiger partial charge in [-0.2, -0.15) is 0 Å². The fourth-order valence-corrected chi connectivity index (χ4v) is 4.73. The summed E-state index contributed by atoms with van der Waals surface area (Å²) in [5, 5.41) is 3.89. The maximum absolute atomic E-state index is 13.7. The summed E-state index contributed by atoms with van der Waals surface area (Å²) in [6.45, 7) is 4.00. The van der Waals surface area contributed by atoms with Crippen molar-refractivity contribution in [3.8, 4) is 0 Å². The van der Waals surface area contributed by atoms with Gasteiger partial charge in [0, 0.05) is 24.0 Å². The molecule has 0 bridgehead atoms. The van der Waals surface area contributed by atoms with Crippen LogP contribution < -0.4 is 5.32 Å². The van der Waals surface area contributed by atoms with Gasteiger partial charge in [0.2, 0.25) is 5.91 Å². The zero-order valence-electron chi connectivity index (χ0n) is 15.3. The van der Waals surface area contributed by atoms with Gasteiger partial charge in [0.15, 0.2) is 0 Å². The van der Waals surface area contributed by atoms with E-state index in [4.69, 9.17) is 0 Å². The van der Waals surface area contributed by atoms with Gasteiger partial charge in [-0.3, -0.25) is 9.78 Å². The second-order valence-electron chi connectivity index (χ2n) is 8.10. The second kappa shape index (κ2) is 6.82. The summed E-state index contributed by atoms with van der Waals surface area (Å²) in [4.78, 5) is 16.4. The number of amides is 1. The van der Waals surface area contributed by atoms with Crippen LogP contribution in [-0.2, 0) is 4.79 Å². The molecule has 1 amide bonds. The molecular formula is C22H25FN2O. The zero-order valence-corrected chi connectivity index (χ0v) is 15.3. The normalized spacial score (nSPS) is 24.8. The molecule has 136 valence electrons. The lowest BCUT2D eigenvalue weighted by Gasteiger charge is -2.14. The number of benzene rings is 1. The zero-order chi connectivity index (χ0) is 18.3. The molecule has 2 aliphatic rings. The van der Waals surface area contributed by atoms with Crippen LogP contribution in [0.3, 0.4) is 0 Å². The molecule has 2 aromatic rings. The van der Waals surface area contributed by atoms with Crippen LogP contribution in [0.2, 0.25) is 0 Å². The molecule has 1 aromatic heterocycles. The highest BCUT2D eigenvalue weighted by Gasteiger charge is 2.38. The average Bonchev–Trinajstić information content (AvgIpc) is 3.11. The number of allylic oxidation sites excluding steroid dienone is 2. The van der Waals surface area contributed by atoms with Crippen LogP contribution in [0.15, 0.2) is 36.5 Å². The van der Waals surface area contributed by atoms with E-state index in [1.165, 1.54) is 11.6 Å². The van der Waals surface area contributed by atoms with Crippen molar-refractivity contribution in [1.82, 2.24) is 10.3 Å². The Bertz CT molecular complexity index is 874. The SMILES string of the molecule is CC(C)NC(=O)C[C@H]1C[C@@H]2CC(c3ccnc4ccc(F)cc34)=C[C@@H]2C1. The van der Waals surface area contributed by atoms with Crippen LogP contribution in [0.25, 0.3) is 16.5 Å². The van der Waals surface area contributed by atoms with E-state index < -0.39 is 0 Å². The molecule has 1 fully saturated rings. The van der Waals surface area contributed by atoms with E-state index in [1.807, 2.05) is 26.1 Å². The highest BCUT2D eigenvalue weighted by Crippen LogP contribution is 2.49.